The van der Waals surface area contributed by atoms with Crippen LogP contribution in [0, 0.1) is 0 Å². The van der Waals surface area contributed by atoms with E-state index in [2.05, 4.69) is 21.6 Å². The molecule has 1 aliphatic rings. The second-order valence-corrected chi connectivity index (χ2v) is 7.50. The predicted molar refractivity (Wildman–Crippen MR) is 104 cm³/mol. The number of rotatable bonds is 4. The Bertz CT molecular complexity index is 1110. The fourth-order valence-corrected chi connectivity index (χ4v) is 4.37. The number of nitrogens with one attached hydrogen (secondary N) is 1. The number of carbonyl (C=O) groups is 1. The molecule has 8 heteroatoms. The number of fused-ring (bicyclic) bond motifs is 1. The van der Waals surface area contributed by atoms with Crippen LogP contribution in [-0.2, 0) is 19.0 Å². The van der Waals surface area contributed by atoms with Gasteiger partial charge in [0.1, 0.15) is 0 Å². The molecule has 8 nitrogen and oxygen atoms in total. The smallest absolute Gasteiger partial charge is 0.275 e. The fourth-order valence-electron chi connectivity index (χ4n) is 4.37. The highest BCUT2D eigenvalue weighted by molar-refractivity contribution is 5.92. The summed E-state index contributed by atoms with van der Waals surface area (Å²) in [6.45, 7) is 0.471. The normalized spacial score (nSPS) is 15.8. The molecule has 2 aromatic heterocycles. The SMILES string of the molecule is CNC(=O)c1nn(CC2(c3cccc4nn(C)cc34)CCCC2)cc(O)c1=O. The average molecular weight is 381 g/mol. The van der Waals surface area contributed by atoms with E-state index in [0.717, 1.165) is 36.6 Å². The van der Waals surface area contributed by atoms with Crippen LogP contribution in [0.2, 0.25) is 0 Å². The van der Waals surface area contributed by atoms with Gasteiger partial charge >= 0.3 is 0 Å². The van der Waals surface area contributed by atoms with Crippen molar-refractivity contribution in [1.29, 1.82) is 0 Å². The van der Waals surface area contributed by atoms with Crippen molar-refractivity contribution >= 4 is 16.8 Å². The Morgan fingerprint density at radius 2 is 2.00 bits per heavy atom. The summed E-state index contributed by atoms with van der Waals surface area (Å²) in [4.78, 5) is 24.1. The van der Waals surface area contributed by atoms with Gasteiger partial charge < -0.3 is 10.4 Å². The van der Waals surface area contributed by atoms with Crippen molar-refractivity contribution in [2.75, 3.05) is 7.05 Å². The van der Waals surface area contributed by atoms with Gasteiger partial charge in [-0.3, -0.25) is 19.0 Å². The van der Waals surface area contributed by atoms with Gasteiger partial charge in [-0.2, -0.15) is 10.2 Å². The predicted octanol–water partition coefficient (Wildman–Crippen LogP) is 1.71. The number of hydrogen-bond acceptors (Lipinski definition) is 5. The van der Waals surface area contributed by atoms with E-state index in [1.54, 1.807) is 0 Å². The minimum Gasteiger partial charge on any atom is -0.503 e. The number of aromatic nitrogens is 4. The molecule has 0 unspecified atom stereocenters. The van der Waals surface area contributed by atoms with Crippen LogP contribution in [0.4, 0.5) is 0 Å². The van der Waals surface area contributed by atoms with Crippen molar-refractivity contribution in [2.24, 2.45) is 7.05 Å². The lowest BCUT2D eigenvalue weighted by Crippen LogP contribution is -2.33. The maximum absolute atomic E-state index is 12.1. The van der Waals surface area contributed by atoms with E-state index in [1.165, 1.54) is 23.5 Å². The van der Waals surface area contributed by atoms with Crippen molar-refractivity contribution in [3.63, 3.8) is 0 Å². The first-order valence-corrected chi connectivity index (χ1v) is 9.39. The van der Waals surface area contributed by atoms with Crippen LogP contribution in [0.25, 0.3) is 10.9 Å². The zero-order valence-corrected chi connectivity index (χ0v) is 16.0. The molecule has 3 aromatic rings. The summed E-state index contributed by atoms with van der Waals surface area (Å²) in [5, 5.41) is 22.3. The molecule has 1 fully saturated rings. The third kappa shape index (κ3) is 2.94. The molecule has 1 aliphatic carbocycles. The van der Waals surface area contributed by atoms with Crippen LogP contribution < -0.4 is 10.7 Å². The van der Waals surface area contributed by atoms with Crippen LogP contribution in [0.1, 0.15) is 41.7 Å². The third-order valence-electron chi connectivity index (χ3n) is 5.65. The standard InChI is InChI=1S/C20H23N5O3/c1-21-19(28)17-18(27)16(26)11-25(23-17)12-20(8-3-4-9-20)14-6-5-7-15-13(14)10-24(2)22-15/h5-7,10-11,26H,3-4,8-9,12H2,1-2H3,(H,21,28). The minimum atomic E-state index is -0.759. The second kappa shape index (κ2) is 6.78. The quantitative estimate of drug-likeness (QED) is 0.716. The molecule has 1 amide bonds. The summed E-state index contributed by atoms with van der Waals surface area (Å²) < 4.78 is 3.34. The van der Waals surface area contributed by atoms with Gasteiger partial charge in [-0.1, -0.05) is 25.0 Å². The molecular formula is C20H23N5O3. The third-order valence-corrected chi connectivity index (χ3v) is 5.65. The van der Waals surface area contributed by atoms with Crippen LogP contribution in [0.3, 0.4) is 0 Å². The van der Waals surface area contributed by atoms with E-state index in [1.807, 2.05) is 30.1 Å². The van der Waals surface area contributed by atoms with Crippen LogP contribution >= 0.6 is 0 Å². The molecule has 0 bridgehead atoms. The van der Waals surface area contributed by atoms with Gasteiger partial charge in [0.25, 0.3) is 11.3 Å². The molecule has 1 saturated carbocycles. The Morgan fingerprint density at radius 3 is 2.71 bits per heavy atom. The van der Waals surface area contributed by atoms with Crippen molar-refractivity contribution in [2.45, 2.75) is 37.6 Å². The number of nitrogens with zero attached hydrogens (tertiary/aromatic N) is 4. The molecule has 4 rings (SSSR count). The Labute approximate surface area is 161 Å². The molecule has 2 heterocycles. The van der Waals surface area contributed by atoms with Crippen LogP contribution in [0.15, 0.2) is 35.4 Å². The molecule has 1 aromatic carbocycles. The molecule has 146 valence electrons. The molecule has 0 spiro atoms. The summed E-state index contributed by atoms with van der Waals surface area (Å²) in [6, 6.07) is 6.13. The second-order valence-electron chi connectivity index (χ2n) is 7.50. The Hall–Kier alpha value is -3.16. The molecule has 0 atom stereocenters. The van der Waals surface area contributed by atoms with E-state index in [-0.39, 0.29) is 11.1 Å². The zero-order valence-electron chi connectivity index (χ0n) is 16.0. The maximum atomic E-state index is 12.1. The summed E-state index contributed by atoms with van der Waals surface area (Å²) >= 11 is 0. The number of hydrogen-bond donors (Lipinski definition) is 2. The van der Waals surface area contributed by atoms with E-state index in [4.69, 9.17) is 0 Å². The first kappa shape index (κ1) is 18.2. The summed E-state index contributed by atoms with van der Waals surface area (Å²) in [7, 11) is 3.33. The Balaban J connectivity index is 1.83. The average Bonchev–Trinajstić information content (AvgIpc) is 3.29. The number of carbonyl (C=O) groups excluding carboxylic acids is 1. The number of aryl methyl sites for hydroxylation is 1. The first-order valence-electron chi connectivity index (χ1n) is 9.39. The monoisotopic (exact) mass is 381 g/mol. The van der Waals surface area contributed by atoms with Crippen molar-refractivity contribution in [1.82, 2.24) is 24.9 Å². The molecule has 0 saturated heterocycles. The topological polar surface area (TPSA) is 102 Å². The lowest BCUT2D eigenvalue weighted by Gasteiger charge is -2.31. The van der Waals surface area contributed by atoms with E-state index in [9.17, 15) is 14.7 Å². The van der Waals surface area contributed by atoms with Gasteiger partial charge in [0.2, 0.25) is 0 Å². The highest BCUT2D eigenvalue weighted by atomic mass is 16.3. The minimum absolute atomic E-state index is 0.197. The molecule has 0 radical (unpaired) electrons. The van der Waals surface area contributed by atoms with Crippen LogP contribution in [0.5, 0.6) is 5.75 Å². The lowest BCUT2D eigenvalue weighted by molar-refractivity contribution is 0.0953. The van der Waals surface area contributed by atoms with Crippen molar-refractivity contribution in [3.8, 4) is 5.75 Å². The highest BCUT2D eigenvalue weighted by Crippen LogP contribution is 2.44. The van der Waals surface area contributed by atoms with Gasteiger partial charge in [0, 0.05) is 31.1 Å². The fraction of sp³-hybridized carbons (Fsp3) is 0.400. The van der Waals surface area contributed by atoms with Gasteiger partial charge in [0.05, 0.1) is 18.3 Å². The first-order chi connectivity index (χ1) is 13.4. The molecule has 2 N–H and O–H groups in total. The number of amides is 1. The zero-order chi connectivity index (χ0) is 19.9. The van der Waals surface area contributed by atoms with Crippen molar-refractivity contribution in [3.05, 3.63) is 52.1 Å². The summed E-state index contributed by atoms with van der Waals surface area (Å²) in [6.07, 6.45) is 7.45. The summed E-state index contributed by atoms with van der Waals surface area (Å²) in [5.41, 5.74) is 0.877. The Morgan fingerprint density at radius 1 is 1.25 bits per heavy atom. The molecule has 28 heavy (non-hydrogen) atoms. The molecule has 0 aliphatic heterocycles. The van der Waals surface area contributed by atoms with E-state index < -0.39 is 17.1 Å². The van der Waals surface area contributed by atoms with Gasteiger partial charge in [-0.15, -0.1) is 0 Å². The van der Waals surface area contributed by atoms with Gasteiger partial charge in [0.15, 0.2) is 11.4 Å². The maximum Gasteiger partial charge on any atom is 0.275 e. The largest absolute Gasteiger partial charge is 0.503 e. The lowest BCUT2D eigenvalue weighted by atomic mass is 9.77. The highest BCUT2D eigenvalue weighted by Gasteiger charge is 2.38. The number of benzene rings is 1. The number of aromatic hydroxyl groups is 1. The van der Waals surface area contributed by atoms with E-state index >= 15 is 0 Å². The van der Waals surface area contributed by atoms with Crippen molar-refractivity contribution < 1.29 is 9.90 Å². The van der Waals surface area contributed by atoms with Gasteiger partial charge in [-0.25, -0.2) is 0 Å². The summed E-state index contributed by atoms with van der Waals surface area (Å²) in [5.74, 6) is -1.08. The van der Waals surface area contributed by atoms with Gasteiger partial charge in [-0.05, 0) is 24.5 Å². The molecular weight excluding hydrogens is 358 g/mol. The van der Waals surface area contributed by atoms with E-state index in [0.29, 0.717) is 6.54 Å². The Kier molecular flexibility index (Phi) is 4.41. The van der Waals surface area contributed by atoms with Crippen LogP contribution in [-0.4, -0.2) is 37.6 Å².